The molecule has 1 fully saturated rings. The summed E-state index contributed by atoms with van der Waals surface area (Å²) in [5, 5.41) is 2.74. The Balaban J connectivity index is 1.74. The van der Waals surface area contributed by atoms with E-state index in [1.165, 1.54) is 24.3 Å². The molecular formula is C26H19ClFIN2O4. The first-order valence-corrected chi connectivity index (χ1v) is 12.1. The number of benzene rings is 3. The summed E-state index contributed by atoms with van der Waals surface area (Å²) in [7, 11) is 0. The average Bonchev–Trinajstić information content (AvgIpc) is 2.81. The maximum absolute atomic E-state index is 14.3. The van der Waals surface area contributed by atoms with Crippen molar-refractivity contribution in [3.63, 3.8) is 0 Å². The fourth-order valence-corrected chi connectivity index (χ4v) is 4.70. The highest BCUT2D eigenvalue weighted by Crippen LogP contribution is 2.32. The van der Waals surface area contributed by atoms with E-state index in [0.29, 0.717) is 34.3 Å². The Morgan fingerprint density at radius 3 is 2.51 bits per heavy atom. The van der Waals surface area contributed by atoms with Crippen LogP contribution in [0, 0.1) is 9.39 Å². The van der Waals surface area contributed by atoms with Gasteiger partial charge in [-0.3, -0.25) is 14.9 Å². The molecule has 1 aliphatic rings. The van der Waals surface area contributed by atoms with Crippen molar-refractivity contribution in [1.82, 2.24) is 5.32 Å². The Bertz CT molecular complexity index is 1380. The van der Waals surface area contributed by atoms with E-state index in [4.69, 9.17) is 16.3 Å². The lowest BCUT2D eigenvalue weighted by atomic mass is 10.0. The van der Waals surface area contributed by atoms with Gasteiger partial charge in [0.25, 0.3) is 11.8 Å². The molecule has 0 unspecified atom stereocenters. The second-order valence-corrected chi connectivity index (χ2v) is 9.16. The number of halogens is 3. The van der Waals surface area contributed by atoms with Crippen molar-refractivity contribution in [3.8, 4) is 5.75 Å². The van der Waals surface area contributed by atoms with Gasteiger partial charge in [0.1, 0.15) is 17.1 Å². The van der Waals surface area contributed by atoms with Crippen molar-refractivity contribution in [2.24, 2.45) is 0 Å². The molecule has 1 aliphatic heterocycles. The van der Waals surface area contributed by atoms with Gasteiger partial charge in [0.2, 0.25) is 0 Å². The van der Waals surface area contributed by atoms with Gasteiger partial charge in [0.05, 0.1) is 12.3 Å². The van der Waals surface area contributed by atoms with Crippen LogP contribution in [-0.4, -0.2) is 24.5 Å². The Labute approximate surface area is 219 Å². The lowest BCUT2D eigenvalue weighted by Gasteiger charge is -2.26. The van der Waals surface area contributed by atoms with E-state index in [9.17, 15) is 18.8 Å². The minimum absolute atomic E-state index is 0.243. The standard InChI is InChI=1S/C26H19ClFIN2O4/c1-2-35-23-13-15(12-21(29)17(23)14-16-7-3-4-8-19(16)27)11-18-24(32)30-26(34)31(25(18)33)22-10-6-5-9-20(22)28/h3-13H,2,14H2,1H3,(H,30,32,34)/b18-11-. The van der Waals surface area contributed by atoms with Gasteiger partial charge in [-0.15, -0.1) is 0 Å². The van der Waals surface area contributed by atoms with Crippen molar-refractivity contribution in [2.75, 3.05) is 11.5 Å². The van der Waals surface area contributed by atoms with Crippen LogP contribution in [0.4, 0.5) is 14.9 Å². The molecule has 0 radical (unpaired) electrons. The van der Waals surface area contributed by atoms with E-state index in [2.05, 4.69) is 27.9 Å². The molecule has 0 spiro atoms. The van der Waals surface area contributed by atoms with Gasteiger partial charge in [0, 0.05) is 20.6 Å². The first-order chi connectivity index (χ1) is 16.8. The lowest BCUT2D eigenvalue weighted by Crippen LogP contribution is -2.54. The maximum atomic E-state index is 14.3. The molecule has 1 saturated heterocycles. The highest BCUT2D eigenvalue weighted by Gasteiger charge is 2.38. The van der Waals surface area contributed by atoms with E-state index in [1.807, 2.05) is 31.2 Å². The quantitative estimate of drug-likeness (QED) is 0.221. The maximum Gasteiger partial charge on any atom is 0.336 e. The predicted molar refractivity (Wildman–Crippen MR) is 140 cm³/mol. The van der Waals surface area contributed by atoms with Crippen LogP contribution in [0.1, 0.15) is 23.6 Å². The van der Waals surface area contributed by atoms with Crippen molar-refractivity contribution in [2.45, 2.75) is 13.3 Å². The molecule has 4 rings (SSSR count). The third kappa shape index (κ3) is 5.23. The number of carbonyl (C=O) groups is 3. The molecule has 0 atom stereocenters. The molecule has 0 aliphatic carbocycles. The summed E-state index contributed by atoms with van der Waals surface area (Å²) in [4.78, 5) is 38.6. The third-order valence-corrected chi connectivity index (χ3v) is 6.64. The highest BCUT2D eigenvalue weighted by atomic mass is 127. The summed E-state index contributed by atoms with van der Waals surface area (Å²) < 4.78 is 21.0. The second-order valence-electron chi connectivity index (χ2n) is 7.59. The number of rotatable bonds is 6. The molecule has 3 aromatic rings. The topological polar surface area (TPSA) is 75.7 Å². The lowest BCUT2D eigenvalue weighted by molar-refractivity contribution is -0.122. The summed E-state index contributed by atoms with van der Waals surface area (Å²) >= 11 is 8.51. The fourth-order valence-electron chi connectivity index (χ4n) is 3.68. The molecule has 1 heterocycles. The minimum Gasteiger partial charge on any atom is -0.494 e. The SMILES string of the molecule is CCOc1cc(/C=C2/C(=O)NC(=O)N(c3ccccc3F)C2=O)cc(I)c1Cc1ccccc1Cl. The number of carbonyl (C=O) groups excluding carboxylic acids is 3. The monoisotopic (exact) mass is 604 g/mol. The summed E-state index contributed by atoms with van der Waals surface area (Å²) in [5.41, 5.74) is 1.81. The first-order valence-electron chi connectivity index (χ1n) is 10.6. The molecule has 9 heteroatoms. The summed E-state index contributed by atoms with van der Waals surface area (Å²) in [6.07, 6.45) is 1.89. The zero-order valence-electron chi connectivity index (χ0n) is 18.5. The minimum atomic E-state index is -1.01. The number of hydrogen-bond donors (Lipinski definition) is 1. The summed E-state index contributed by atoms with van der Waals surface area (Å²) in [5.74, 6) is -1.96. The van der Waals surface area contributed by atoms with Crippen molar-refractivity contribution in [3.05, 3.63) is 97.3 Å². The van der Waals surface area contributed by atoms with Gasteiger partial charge >= 0.3 is 6.03 Å². The number of ether oxygens (including phenoxy) is 1. The van der Waals surface area contributed by atoms with Crippen LogP contribution in [0.2, 0.25) is 5.02 Å². The molecule has 178 valence electrons. The smallest absolute Gasteiger partial charge is 0.336 e. The van der Waals surface area contributed by atoms with Crippen LogP contribution in [0.3, 0.4) is 0 Å². The second kappa shape index (κ2) is 10.6. The molecule has 0 saturated carbocycles. The van der Waals surface area contributed by atoms with Crippen LogP contribution >= 0.6 is 34.2 Å². The number of nitrogens with one attached hydrogen (secondary N) is 1. The molecule has 0 aromatic heterocycles. The number of barbiturate groups is 1. The van der Waals surface area contributed by atoms with Crippen molar-refractivity contribution in [1.29, 1.82) is 0 Å². The molecular weight excluding hydrogens is 586 g/mol. The third-order valence-electron chi connectivity index (χ3n) is 5.31. The number of urea groups is 1. The van der Waals surface area contributed by atoms with Crippen LogP contribution in [-0.2, 0) is 16.0 Å². The van der Waals surface area contributed by atoms with Crippen LogP contribution in [0.15, 0.2) is 66.2 Å². The van der Waals surface area contributed by atoms with Gasteiger partial charge < -0.3 is 4.74 Å². The number of amides is 4. The molecule has 4 amide bonds. The van der Waals surface area contributed by atoms with Gasteiger partial charge in [-0.25, -0.2) is 14.1 Å². The van der Waals surface area contributed by atoms with Gasteiger partial charge in [-0.2, -0.15) is 0 Å². The van der Waals surface area contributed by atoms with Crippen LogP contribution < -0.4 is 15.0 Å². The predicted octanol–water partition coefficient (Wildman–Crippen LogP) is 5.74. The molecule has 3 aromatic carbocycles. The van der Waals surface area contributed by atoms with Gasteiger partial charge in [-0.1, -0.05) is 41.9 Å². The van der Waals surface area contributed by atoms with Crippen molar-refractivity contribution < 1.29 is 23.5 Å². The largest absolute Gasteiger partial charge is 0.494 e. The van der Waals surface area contributed by atoms with E-state index < -0.39 is 23.7 Å². The van der Waals surface area contributed by atoms with Crippen LogP contribution in [0.5, 0.6) is 5.75 Å². The van der Waals surface area contributed by atoms with E-state index >= 15 is 0 Å². The molecule has 6 nitrogen and oxygen atoms in total. The van der Waals surface area contributed by atoms with E-state index in [0.717, 1.165) is 20.8 Å². The Morgan fingerprint density at radius 1 is 1.09 bits per heavy atom. The fraction of sp³-hybridized carbons (Fsp3) is 0.115. The zero-order valence-corrected chi connectivity index (χ0v) is 21.4. The molecule has 35 heavy (non-hydrogen) atoms. The number of imide groups is 2. The van der Waals surface area contributed by atoms with E-state index in [-0.39, 0.29) is 11.3 Å². The number of nitrogens with zero attached hydrogens (tertiary/aromatic N) is 1. The molecule has 0 bridgehead atoms. The number of hydrogen-bond acceptors (Lipinski definition) is 4. The zero-order chi connectivity index (χ0) is 25.1. The number of para-hydroxylation sites is 1. The van der Waals surface area contributed by atoms with Gasteiger partial charge in [0.15, 0.2) is 0 Å². The van der Waals surface area contributed by atoms with Crippen LogP contribution in [0.25, 0.3) is 6.08 Å². The Kier molecular flexibility index (Phi) is 7.51. The summed E-state index contributed by atoms with van der Waals surface area (Å²) in [6, 6.07) is 15.4. The van der Waals surface area contributed by atoms with Crippen molar-refractivity contribution >= 4 is 63.8 Å². The highest BCUT2D eigenvalue weighted by molar-refractivity contribution is 14.1. The summed E-state index contributed by atoms with van der Waals surface area (Å²) in [6.45, 7) is 2.26. The van der Waals surface area contributed by atoms with Gasteiger partial charge in [-0.05, 0) is 77.0 Å². The first kappa shape index (κ1) is 24.9. The van der Waals surface area contributed by atoms with E-state index in [1.54, 1.807) is 12.1 Å². The normalized spacial score (nSPS) is 14.9. The Hall–Kier alpha value is -3.24. The number of anilines is 1. The Morgan fingerprint density at radius 2 is 1.80 bits per heavy atom. The molecule has 1 N–H and O–H groups in total. The average molecular weight is 605 g/mol.